The maximum absolute atomic E-state index is 14.0. The predicted molar refractivity (Wildman–Crippen MR) is 110 cm³/mol. The lowest BCUT2D eigenvalue weighted by atomic mass is 10.00. The maximum atomic E-state index is 14.0. The average Bonchev–Trinajstić information content (AvgIpc) is 3.18. The van der Waals surface area contributed by atoms with Gasteiger partial charge in [0, 0.05) is 19.7 Å². The number of carbonyl (C=O) groups is 1. The number of pyridine rings is 1. The van der Waals surface area contributed by atoms with Crippen LogP contribution in [-0.2, 0) is 6.18 Å². The van der Waals surface area contributed by atoms with Crippen LogP contribution in [0.25, 0.3) is 11.5 Å². The van der Waals surface area contributed by atoms with Gasteiger partial charge in [0.05, 0.1) is 22.7 Å². The molecule has 1 amide bonds. The topological polar surface area (TPSA) is 81.4 Å². The van der Waals surface area contributed by atoms with Gasteiger partial charge in [-0.3, -0.25) is 4.79 Å². The molecular formula is C22H22F4N4O3. The first-order valence-electron chi connectivity index (χ1n) is 10.1. The van der Waals surface area contributed by atoms with E-state index in [1.807, 2.05) is 13.0 Å². The van der Waals surface area contributed by atoms with Crippen LogP contribution in [0.1, 0.15) is 41.2 Å². The summed E-state index contributed by atoms with van der Waals surface area (Å²) in [4.78, 5) is 18.3. The molecule has 0 unspecified atom stereocenters. The fourth-order valence-corrected chi connectivity index (χ4v) is 3.31. The number of alkyl halides is 3. The first-order valence-corrected chi connectivity index (χ1v) is 10.1. The Kier molecular flexibility index (Phi) is 6.99. The van der Waals surface area contributed by atoms with Gasteiger partial charge < -0.3 is 14.1 Å². The van der Waals surface area contributed by atoms with Crippen LogP contribution >= 0.6 is 0 Å². The van der Waals surface area contributed by atoms with Crippen LogP contribution in [0.4, 0.5) is 17.6 Å². The van der Waals surface area contributed by atoms with E-state index in [0.29, 0.717) is 35.8 Å². The normalized spacial score (nSPS) is 12.5. The van der Waals surface area contributed by atoms with Crippen LogP contribution in [0, 0.1) is 19.7 Å². The smallest absolute Gasteiger partial charge is 0.417 e. The zero-order valence-corrected chi connectivity index (χ0v) is 18.4. The van der Waals surface area contributed by atoms with Gasteiger partial charge >= 0.3 is 6.18 Å². The molecule has 0 spiro atoms. The summed E-state index contributed by atoms with van der Waals surface area (Å²) in [5, 5.41) is 7.84. The van der Waals surface area contributed by atoms with Gasteiger partial charge in [0.1, 0.15) is 6.61 Å². The van der Waals surface area contributed by atoms with Gasteiger partial charge in [0.2, 0.25) is 17.7 Å². The van der Waals surface area contributed by atoms with Crippen molar-refractivity contribution >= 4 is 5.91 Å². The molecule has 0 saturated heterocycles. The molecule has 3 rings (SSSR count). The summed E-state index contributed by atoms with van der Waals surface area (Å²) in [5.74, 6) is -1.59. The number of nitrogens with zero attached hydrogens (tertiary/aromatic N) is 4. The molecule has 2 heterocycles. The first-order chi connectivity index (χ1) is 15.5. The number of hydrogen-bond acceptors (Lipinski definition) is 6. The van der Waals surface area contributed by atoms with E-state index in [2.05, 4.69) is 15.2 Å². The molecule has 33 heavy (non-hydrogen) atoms. The Balaban J connectivity index is 1.80. The number of likely N-dealkylation sites (N-methyl/N-ethyl adjacent to an activating group) is 1. The second-order valence-corrected chi connectivity index (χ2v) is 7.38. The van der Waals surface area contributed by atoms with Gasteiger partial charge in [-0.05, 0) is 38.5 Å². The minimum Gasteiger partial charge on any atom is -0.473 e. The number of halogens is 4. The quantitative estimate of drug-likeness (QED) is 0.464. The minimum absolute atomic E-state index is 0.185. The van der Waals surface area contributed by atoms with Gasteiger partial charge in [-0.2, -0.15) is 13.2 Å². The third-order valence-electron chi connectivity index (χ3n) is 4.97. The molecule has 176 valence electrons. The monoisotopic (exact) mass is 466 g/mol. The molecular weight excluding hydrogens is 444 g/mol. The van der Waals surface area contributed by atoms with E-state index in [-0.39, 0.29) is 18.4 Å². The Morgan fingerprint density at radius 2 is 1.97 bits per heavy atom. The average molecular weight is 466 g/mol. The Hall–Kier alpha value is -3.50. The molecule has 0 N–H and O–H groups in total. The zero-order chi connectivity index (χ0) is 24.3. The summed E-state index contributed by atoms with van der Waals surface area (Å²) in [7, 11) is 0. The molecule has 0 bridgehead atoms. The molecule has 3 aromatic rings. The van der Waals surface area contributed by atoms with Crippen molar-refractivity contribution in [3.05, 3.63) is 58.9 Å². The molecule has 11 heteroatoms. The molecule has 0 fully saturated rings. The largest absolute Gasteiger partial charge is 0.473 e. The number of amides is 1. The highest BCUT2D eigenvalue weighted by atomic mass is 19.4. The summed E-state index contributed by atoms with van der Waals surface area (Å²) in [6.07, 6.45) is -4.22. The summed E-state index contributed by atoms with van der Waals surface area (Å²) in [5.41, 5.74) is 0.394. The van der Waals surface area contributed by atoms with Gasteiger partial charge in [-0.15, -0.1) is 10.2 Å². The predicted octanol–water partition coefficient (Wildman–Crippen LogP) is 4.84. The lowest BCUT2D eigenvalue weighted by Crippen LogP contribution is -2.42. The fraction of sp³-hybridized carbons (Fsp3) is 0.364. The summed E-state index contributed by atoms with van der Waals surface area (Å²) in [6, 6.07) is 4.95. The second kappa shape index (κ2) is 9.55. The standard InChI is InChI=1S/C22H22F4N4O3/c1-5-30(13(3)11-32-19-17(23)9-15(10-27-19)22(24,25)26)21(31)16-8-6-7-12(2)18(16)20-29-28-14(4)33-20/h6-10,13H,5,11H2,1-4H3/t13-/m0/s1. The van der Waals surface area contributed by atoms with E-state index in [1.54, 1.807) is 32.9 Å². The Labute approximate surface area is 187 Å². The number of benzene rings is 1. The molecule has 7 nitrogen and oxygen atoms in total. The van der Waals surface area contributed by atoms with Crippen molar-refractivity contribution < 1.29 is 31.5 Å². The minimum atomic E-state index is -4.71. The first kappa shape index (κ1) is 24.1. The van der Waals surface area contributed by atoms with Gasteiger partial charge in [-0.1, -0.05) is 12.1 Å². The third-order valence-corrected chi connectivity index (χ3v) is 4.97. The molecule has 0 aliphatic rings. The Morgan fingerprint density at radius 3 is 2.55 bits per heavy atom. The number of carbonyl (C=O) groups excluding carboxylic acids is 1. The van der Waals surface area contributed by atoms with Crippen molar-refractivity contribution in [3.8, 4) is 17.3 Å². The summed E-state index contributed by atoms with van der Waals surface area (Å²) < 4.78 is 62.9. The summed E-state index contributed by atoms with van der Waals surface area (Å²) in [6.45, 7) is 7.00. The molecule has 2 aromatic heterocycles. The Bertz CT molecular complexity index is 1150. The molecule has 0 radical (unpaired) electrons. The lowest BCUT2D eigenvalue weighted by Gasteiger charge is -2.28. The second-order valence-electron chi connectivity index (χ2n) is 7.38. The van der Waals surface area contributed by atoms with Crippen LogP contribution in [-0.4, -0.2) is 45.2 Å². The number of aromatic nitrogens is 3. The van der Waals surface area contributed by atoms with Gasteiger partial charge in [-0.25, -0.2) is 9.37 Å². The van der Waals surface area contributed by atoms with Crippen molar-refractivity contribution in [3.63, 3.8) is 0 Å². The molecule has 1 aromatic carbocycles. The third kappa shape index (κ3) is 5.29. The van der Waals surface area contributed by atoms with Crippen molar-refractivity contribution in [1.82, 2.24) is 20.1 Å². The van der Waals surface area contributed by atoms with Crippen LogP contribution in [0.2, 0.25) is 0 Å². The molecule has 0 saturated carbocycles. The number of hydrogen-bond donors (Lipinski definition) is 0. The Morgan fingerprint density at radius 1 is 1.24 bits per heavy atom. The van der Waals surface area contributed by atoms with Crippen molar-refractivity contribution in [2.75, 3.05) is 13.2 Å². The highest BCUT2D eigenvalue weighted by molar-refractivity contribution is 6.00. The van der Waals surface area contributed by atoms with E-state index in [1.165, 1.54) is 4.90 Å². The zero-order valence-electron chi connectivity index (χ0n) is 18.4. The highest BCUT2D eigenvalue weighted by Gasteiger charge is 2.32. The van der Waals surface area contributed by atoms with Crippen molar-refractivity contribution in [1.29, 1.82) is 0 Å². The van der Waals surface area contributed by atoms with E-state index in [9.17, 15) is 22.4 Å². The van der Waals surface area contributed by atoms with Crippen molar-refractivity contribution in [2.24, 2.45) is 0 Å². The van der Waals surface area contributed by atoms with Crippen molar-refractivity contribution in [2.45, 2.75) is 39.9 Å². The molecule has 0 aliphatic carbocycles. The number of ether oxygens (including phenoxy) is 1. The SMILES string of the molecule is CCN(C(=O)c1cccc(C)c1-c1nnc(C)o1)[C@@H](C)COc1ncc(C(F)(F)F)cc1F. The molecule has 0 aliphatic heterocycles. The van der Waals surface area contributed by atoms with Crippen LogP contribution in [0.3, 0.4) is 0 Å². The van der Waals surface area contributed by atoms with Crippen LogP contribution in [0.15, 0.2) is 34.9 Å². The summed E-state index contributed by atoms with van der Waals surface area (Å²) >= 11 is 0. The number of aryl methyl sites for hydroxylation is 2. The van der Waals surface area contributed by atoms with E-state index < -0.39 is 29.5 Å². The van der Waals surface area contributed by atoms with Crippen LogP contribution < -0.4 is 4.74 Å². The highest BCUT2D eigenvalue weighted by Crippen LogP contribution is 2.31. The lowest BCUT2D eigenvalue weighted by molar-refractivity contribution is -0.138. The fourth-order valence-electron chi connectivity index (χ4n) is 3.31. The number of rotatable bonds is 7. The van der Waals surface area contributed by atoms with E-state index in [4.69, 9.17) is 9.15 Å². The maximum Gasteiger partial charge on any atom is 0.417 e. The van der Waals surface area contributed by atoms with Gasteiger partial charge in [0.25, 0.3) is 5.91 Å². The van der Waals surface area contributed by atoms with E-state index in [0.717, 1.165) is 5.56 Å². The van der Waals surface area contributed by atoms with Crippen LogP contribution in [0.5, 0.6) is 5.88 Å². The molecule has 1 atom stereocenters. The van der Waals surface area contributed by atoms with E-state index >= 15 is 0 Å². The van der Waals surface area contributed by atoms with Gasteiger partial charge in [0.15, 0.2) is 5.82 Å².